The highest BCUT2D eigenvalue weighted by Crippen LogP contribution is 2.42. The number of morpholine rings is 1. The van der Waals surface area contributed by atoms with Gasteiger partial charge in [-0.2, -0.15) is 0 Å². The Balaban J connectivity index is 1.39. The number of hydrogen-bond donors (Lipinski definition) is 0. The van der Waals surface area contributed by atoms with Gasteiger partial charge in [-0.05, 0) is 36.5 Å². The van der Waals surface area contributed by atoms with Crippen molar-refractivity contribution in [2.45, 2.75) is 30.8 Å². The minimum Gasteiger partial charge on any atom is -0.381 e. The number of rotatable bonds is 5. The van der Waals surface area contributed by atoms with E-state index < -0.39 is 5.60 Å². The van der Waals surface area contributed by atoms with Crippen molar-refractivity contribution >= 4 is 11.8 Å². The van der Waals surface area contributed by atoms with E-state index in [4.69, 9.17) is 9.47 Å². The van der Waals surface area contributed by atoms with E-state index in [0.717, 1.165) is 43.9 Å². The van der Waals surface area contributed by atoms with Gasteiger partial charge in [-0.25, -0.2) is 0 Å². The van der Waals surface area contributed by atoms with Gasteiger partial charge in [0.1, 0.15) is 0 Å². The summed E-state index contributed by atoms with van der Waals surface area (Å²) in [7, 11) is 0. The van der Waals surface area contributed by atoms with E-state index in [1.807, 2.05) is 41.3 Å². The second-order valence-electron chi connectivity index (χ2n) is 9.28. The van der Waals surface area contributed by atoms with E-state index in [2.05, 4.69) is 17.1 Å². The molecule has 2 amide bonds. The van der Waals surface area contributed by atoms with Gasteiger partial charge in [0.2, 0.25) is 5.91 Å². The second kappa shape index (κ2) is 9.61. The molecule has 1 aromatic carbocycles. The van der Waals surface area contributed by atoms with Gasteiger partial charge in [0, 0.05) is 50.7 Å². The molecule has 3 fully saturated rings. The molecule has 0 aliphatic carbocycles. The van der Waals surface area contributed by atoms with Crippen molar-refractivity contribution in [1.29, 1.82) is 0 Å². The van der Waals surface area contributed by atoms with Crippen molar-refractivity contribution in [3.8, 4) is 0 Å². The fourth-order valence-electron chi connectivity index (χ4n) is 5.39. The van der Waals surface area contributed by atoms with Crippen molar-refractivity contribution in [3.05, 3.63) is 66.0 Å². The molecule has 0 radical (unpaired) electrons. The van der Waals surface area contributed by atoms with E-state index in [0.29, 0.717) is 25.6 Å². The first-order valence-electron chi connectivity index (χ1n) is 11.9. The van der Waals surface area contributed by atoms with Crippen LogP contribution >= 0.6 is 0 Å². The number of hydrogen-bond acceptors (Lipinski definition) is 5. The van der Waals surface area contributed by atoms with Gasteiger partial charge in [0.25, 0.3) is 5.91 Å². The van der Waals surface area contributed by atoms with Crippen LogP contribution in [-0.4, -0.2) is 78.2 Å². The molecule has 2 atom stereocenters. The molecule has 3 aliphatic heterocycles. The average Bonchev–Trinajstić information content (AvgIpc) is 3.11. The first-order valence-corrected chi connectivity index (χ1v) is 11.9. The van der Waals surface area contributed by atoms with E-state index in [-0.39, 0.29) is 30.7 Å². The molecule has 0 bridgehead atoms. The maximum Gasteiger partial charge on any atom is 0.257 e. The zero-order chi connectivity index (χ0) is 22.7. The van der Waals surface area contributed by atoms with Crippen molar-refractivity contribution in [1.82, 2.24) is 14.8 Å². The smallest absolute Gasteiger partial charge is 0.257 e. The number of nitrogens with zero attached hydrogens (tertiary/aromatic N) is 3. The van der Waals surface area contributed by atoms with Crippen LogP contribution in [0.25, 0.3) is 0 Å². The fraction of sp³-hybridized carbons (Fsp3) is 0.500. The summed E-state index contributed by atoms with van der Waals surface area (Å²) in [5.74, 6) is 0.327. The highest BCUT2D eigenvalue weighted by Gasteiger charge is 2.58. The Kier molecular flexibility index (Phi) is 6.42. The lowest BCUT2D eigenvalue weighted by Gasteiger charge is -2.42. The Bertz CT molecular complexity index is 964. The largest absolute Gasteiger partial charge is 0.381 e. The highest BCUT2D eigenvalue weighted by atomic mass is 16.5. The molecule has 7 heteroatoms. The second-order valence-corrected chi connectivity index (χ2v) is 9.28. The molecule has 3 saturated heterocycles. The van der Waals surface area contributed by atoms with Crippen LogP contribution in [0, 0.1) is 5.92 Å². The van der Waals surface area contributed by atoms with Crippen LogP contribution in [0.4, 0.5) is 0 Å². The van der Waals surface area contributed by atoms with Crippen LogP contribution in [0.1, 0.15) is 30.0 Å². The quantitative estimate of drug-likeness (QED) is 0.700. The van der Waals surface area contributed by atoms with Crippen molar-refractivity contribution in [3.63, 3.8) is 0 Å². The van der Waals surface area contributed by atoms with Gasteiger partial charge in [0.05, 0.1) is 19.6 Å². The summed E-state index contributed by atoms with van der Waals surface area (Å²) in [5, 5.41) is 0. The van der Waals surface area contributed by atoms with Crippen molar-refractivity contribution in [2.75, 3.05) is 46.0 Å². The van der Waals surface area contributed by atoms with Gasteiger partial charge in [-0.3, -0.25) is 14.6 Å². The molecular formula is C26H31N3O4. The number of likely N-dealkylation sites (tertiary alicyclic amines) is 1. The number of carbonyl (C=O) groups is 2. The summed E-state index contributed by atoms with van der Waals surface area (Å²) in [6, 6.07) is 15.7. The van der Waals surface area contributed by atoms with Gasteiger partial charge < -0.3 is 19.3 Å². The van der Waals surface area contributed by atoms with Crippen LogP contribution in [0.15, 0.2) is 54.7 Å². The lowest BCUT2D eigenvalue weighted by Crippen LogP contribution is -2.60. The Morgan fingerprint density at radius 3 is 2.61 bits per heavy atom. The van der Waals surface area contributed by atoms with Gasteiger partial charge >= 0.3 is 0 Å². The van der Waals surface area contributed by atoms with Crippen molar-refractivity contribution < 1.29 is 19.1 Å². The number of carbonyl (C=O) groups excluding carboxylic acids is 2. The Labute approximate surface area is 194 Å². The molecule has 0 N–H and O–H groups in total. The van der Waals surface area contributed by atoms with E-state index >= 15 is 0 Å². The van der Waals surface area contributed by atoms with Crippen LogP contribution in [0.3, 0.4) is 0 Å². The van der Waals surface area contributed by atoms with Gasteiger partial charge in [0.15, 0.2) is 5.60 Å². The zero-order valence-electron chi connectivity index (χ0n) is 18.9. The summed E-state index contributed by atoms with van der Waals surface area (Å²) >= 11 is 0. The third kappa shape index (κ3) is 4.52. The maximum absolute atomic E-state index is 13.9. The minimum absolute atomic E-state index is 0.0122. The average molecular weight is 450 g/mol. The number of ether oxygens (including phenoxy) is 2. The molecule has 2 aromatic rings. The first kappa shape index (κ1) is 22.0. The molecule has 0 saturated carbocycles. The SMILES string of the molecule is O=C(Cc1ccccn1)N1CCO[C@]2(C1)C(=O)N(CC1CCOCC1)C[C@@H]2c1ccccc1. The van der Waals surface area contributed by atoms with Crippen LogP contribution < -0.4 is 0 Å². The van der Waals surface area contributed by atoms with Crippen LogP contribution in [0.2, 0.25) is 0 Å². The molecular weight excluding hydrogens is 418 g/mol. The topological polar surface area (TPSA) is 72.0 Å². The summed E-state index contributed by atoms with van der Waals surface area (Å²) in [4.78, 5) is 35.1. The summed E-state index contributed by atoms with van der Waals surface area (Å²) in [6.07, 6.45) is 3.88. The molecule has 5 rings (SSSR count). The summed E-state index contributed by atoms with van der Waals surface area (Å²) in [5.41, 5.74) is 0.783. The lowest BCUT2D eigenvalue weighted by atomic mass is 9.83. The van der Waals surface area contributed by atoms with E-state index in [9.17, 15) is 9.59 Å². The molecule has 1 spiro atoms. The van der Waals surface area contributed by atoms with Crippen LogP contribution in [-0.2, 0) is 25.5 Å². The number of amides is 2. The molecule has 4 heterocycles. The Hall–Kier alpha value is -2.77. The van der Waals surface area contributed by atoms with Crippen LogP contribution in [0.5, 0.6) is 0 Å². The third-order valence-corrected chi connectivity index (χ3v) is 7.19. The number of benzene rings is 1. The van der Waals surface area contributed by atoms with E-state index in [1.165, 1.54) is 0 Å². The zero-order valence-corrected chi connectivity index (χ0v) is 18.9. The summed E-state index contributed by atoms with van der Waals surface area (Å²) < 4.78 is 11.8. The maximum atomic E-state index is 13.9. The highest BCUT2D eigenvalue weighted by molar-refractivity contribution is 5.91. The Morgan fingerprint density at radius 2 is 1.85 bits per heavy atom. The Morgan fingerprint density at radius 1 is 1.06 bits per heavy atom. The summed E-state index contributed by atoms with van der Waals surface area (Å²) in [6.45, 7) is 3.97. The van der Waals surface area contributed by atoms with Crippen molar-refractivity contribution in [2.24, 2.45) is 5.92 Å². The third-order valence-electron chi connectivity index (χ3n) is 7.19. The molecule has 3 aliphatic rings. The monoisotopic (exact) mass is 449 g/mol. The fourth-order valence-corrected chi connectivity index (χ4v) is 5.39. The lowest BCUT2D eigenvalue weighted by molar-refractivity contribution is -0.167. The molecule has 33 heavy (non-hydrogen) atoms. The molecule has 7 nitrogen and oxygen atoms in total. The predicted octanol–water partition coefficient (Wildman–Crippen LogP) is 2.27. The van der Waals surface area contributed by atoms with Gasteiger partial charge in [-0.1, -0.05) is 36.4 Å². The normalized spacial score (nSPS) is 26.2. The standard InChI is InChI=1S/C26H31N3O4/c30-24(16-22-8-4-5-11-27-22)28-12-15-33-26(19-28)23(21-6-2-1-3-7-21)18-29(25(26)31)17-20-9-13-32-14-10-20/h1-8,11,20,23H,9-10,12-19H2/t23-,26+/m1/s1. The number of aromatic nitrogens is 1. The van der Waals surface area contributed by atoms with E-state index in [1.54, 1.807) is 11.1 Å². The molecule has 0 unspecified atom stereocenters. The molecule has 174 valence electrons. The minimum atomic E-state index is -1.04. The van der Waals surface area contributed by atoms with Gasteiger partial charge in [-0.15, -0.1) is 0 Å². The first-order chi connectivity index (χ1) is 16.2. The predicted molar refractivity (Wildman–Crippen MR) is 123 cm³/mol. The number of pyridine rings is 1. The molecule has 1 aromatic heterocycles.